The zero-order valence-corrected chi connectivity index (χ0v) is 5.98. The van der Waals surface area contributed by atoms with E-state index in [0.717, 1.165) is 6.42 Å². The van der Waals surface area contributed by atoms with Gasteiger partial charge in [0, 0.05) is 0 Å². The molecule has 0 heterocycles. The maximum Gasteiger partial charge on any atom is 0.0817 e. The van der Waals surface area contributed by atoms with Crippen LogP contribution in [0.5, 0.6) is 0 Å². The molecule has 8 heavy (non-hydrogen) atoms. The summed E-state index contributed by atoms with van der Waals surface area (Å²) in [4.78, 5) is 3.69. The Hall–Kier alpha value is -0.0800. The summed E-state index contributed by atoms with van der Waals surface area (Å²) < 4.78 is 0. The van der Waals surface area contributed by atoms with E-state index in [1.54, 1.807) is 0 Å². The van der Waals surface area contributed by atoms with Gasteiger partial charge in [-0.3, -0.25) is 5.26 Å². The second-order valence-corrected chi connectivity index (χ2v) is 1.54. The first-order valence-electron chi connectivity index (χ1n) is 3.09. The normalized spacial score (nSPS) is 7.50. The van der Waals surface area contributed by atoms with E-state index in [1.807, 2.05) is 6.92 Å². The van der Waals surface area contributed by atoms with Crippen molar-refractivity contribution in [2.24, 2.45) is 0 Å². The van der Waals surface area contributed by atoms with E-state index in [9.17, 15) is 0 Å². The maximum absolute atomic E-state index is 7.57. The molecular formula is C6H16O2. The van der Waals surface area contributed by atoms with Gasteiger partial charge in [0.2, 0.25) is 0 Å². The highest BCUT2D eigenvalue weighted by Gasteiger charge is 1.68. The molecule has 0 radical (unpaired) electrons. The molecule has 0 unspecified atom stereocenters. The predicted octanol–water partition coefficient (Wildman–Crippen LogP) is 2.30. The van der Waals surface area contributed by atoms with Crippen LogP contribution < -0.4 is 0 Å². The molecule has 0 saturated heterocycles. The fraction of sp³-hybridized carbons (Fsp3) is 1.00. The van der Waals surface area contributed by atoms with Crippen molar-refractivity contribution in [3.8, 4) is 0 Å². The average Bonchev–Trinajstić information content (AvgIpc) is 1.71. The number of rotatable bonds is 2. The molecule has 1 N–H and O–H groups in total. The fourth-order valence-electron chi connectivity index (χ4n) is 0.0913. The Bertz CT molecular complexity index is 20.5. The molecule has 0 rings (SSSR count). The molecule has 0 bridgehead atoms. The Labute approximate surface area is 51.4 Å². The van der Waals surface area contributed by atoms with E-state index in [1.165, 1.54) is 6.42 Å². The summed E-state index contributed by atoms with van der Waals surface area (Å²) >= 11 is 0. The first-order valence-corrected chi connectivity index (χ1v) is 3.09. The summed E-state index contributed by atoms with van der Waals surface area (Å²) in [6, 6.07) is 0. The van der Waals surface area contributed by atoms with Crippen molar-refractivity contribution < 1.29 is 10.1 Å². The van der Waals surface area contributed by atoms with Gasteiger partial charge in [0.1, 0.15) is 0 Å². The Morgan fingerprint density at radius 1 is 1.25 bits per heavy atom. The standard InChI is InChI=1S/C3H8O2.C3H8/c1-2-3-5-4;1-3-2/h4H,2-3H2,1H3;3H2,1-2H3. The third kappa shape index (κ3) is 38.9. The summed E-state index contributed by atoms with van der Waals surface area (Å²) in [5.41, 5.74) is 0. The van der Waals surface area contributed by atoms with E-state index >= 15 is 0 Å². The topological polar surface area (TPSA) is 29.5 Å². The molecule has 0 aromatic heterocycles. The van der Waals surface area contributed by atoms with Gasteiger partial charge in [-0.25, -0.2) is 4.89 Å². The predicted molar refractivity (Wildman–Crippen MR) is 34.8 cm³/mol. The highest BCUT2D eigenvalue weighted by molar-refractivity contribution is 4.12. The number of hydrogen-bond acceptors (Lipinski definition) is 2. The van der Waals surface area contributed by atoms with Crippen molar-refractivity contribution >= 4 is 0 Å². The summed E-state index contributed by atoms with van der Waals surface area (Å²) in [7, 11) is 0. The lowest BCUT2D eigenvalue weighted by Gasteiger charge is -1.81. The van der Waals surface area contributed by atoms with Crippen molar-refractivity contribution in [2.45, 2.75) is 33.6 Å². The van der Waals surface area contributed by atoms with Gasteiger partial charge in [0.15, 0.2) is 0 Å². The first-order chi connectivity index (χ1) is 3.83. The zero-order chi connectivity index (χ0) is 6.83. The number of hydrogen-bond donors (Lipinski definition) is 1. The van der Waals surface area contributed by atoms with Crippen LogP contribution in [0, 0.1) is 0 Å². The van der Waals surface area contributed by atoms with Gasteiger partial charge in [-0.2, -0.15) is 0 Å². The van der Waals surface area contributed by atoms with Crippen LogP contribution in [0.25, 0.3) is 0 Å². The van der Waals surface area contributed by atoms with Crippen molar-refractivity contribution in [1.82, 2.24) is 0 Å². The molecule has 0 aliphatic rings. The average molecular weight is 120 g/mol. The smallest absolute Gasteiger partial charge is 0.0817 e. The summed E-state index contributed by atoms with van der Waals surface area (Å²) in [5.74, 6) is 0. The summed E-state index contributed by atoms with van der Waals surface area (Å²) in [6.45, 7) is 6.62. The molecule has 52 valence electrons. The maximum atomic E-state index is 7.57. The molecule has 0 fully saturated rings. The molecule has 0 spiro atoms. The van der Waals surface area contributed by atoms with Crippen LogP contribution in [0.15, 0.2) is 0 Å². The Morgan fingerprint density at radius 3 is 1.62 bits per heavy atom. The zero-order valence-electron chi connectivity index (χ0n) is 5.98. The van der Waals surface area contributed by atoms with Crippen LogP contribution in [0.1, 0.15) is 33.6 Å². The van der Waals surface area contributed by atoms with Crippen LogP contribution >= 0.6 is 0 Å². The molecule has 0 aliphatic carbocycles. The molecule has 2 nitrogen and oxygen atoms in total. The Kier molecular flexibility index (Phi) is 21.3. The molecule has 0 saturated carbocycles. The van der Waals surface area contributed by atoms with E-state index in [4.69, 9.17) is 5.26 Å². The van der Waals surface area contributed by atoms with Gasteiger partial charge < -0.3 is 0 Å². The fourth-order valence-corrected chi connectivity index (χ4v) is 0.0913. The lowest BCUT2D eigenvalue weighted by Crippen LogP contribution is -1.81. The van der Waals surface area contributed by atoms with Crippen LogP contribution in [-0.2, 0) is 4.89 Å². The second-order valence-electron chi connectivity index (χ2n) is 1.54. The van der Waals surface area contributed by atoms with Crippen LogP contribution in [0.2, 0.25) is 0 Å². The Morgan fingerprint density at radius 2 is 1.62 bits per heavy atom. The third-order valence-corrected chi connectivity index (χ3v) is 0.295. The minimum Gasteiger partial charge on any atom is -0.252 e. The summed E-state index contributed by atoms with van der Waals surface area (Å²) in [5, 5.41) is 7.57. The van der Waals surface area contributed by atoms with Gasteiger partial charge in [-0.1, -0.05) is 27.2 Å². The van der Waals surface area contributed by atoms with Gasteiger partial charge in [-0.05, 0) is 6.42 Å². The van der Waals surface area contributed by atoms with E-state index in [-0.39, 0.29) is 0 Å². The largest absolute Gasteiger partial charge is 0.252 e. The lowest BCUT2D eigenvalue weighted by atomic mass is 10.5. The van der Waals surface area contributed by atoms with Crippen LogP contribution in [-0.4, -0.2) is 11.9 Å². The minimum atomic E-state index is 0.444. The monoisotopic (exact) mass is 120 g/mol. The highest BCUT2D eigenvalue weighted by atomic mass is 17.1. The lowest BCUT2D eigenvalue weighted by molar-refractivity contribution is -0.241. The van der Waals surface area contributed by atoms with Crippen LogP contribution in [0.3, 0.4) is 0 Å². The van der Waals surface area contributed by atoms with Crippen molar-refractivity contribution in [3.05, 3.63) is 0 Å². The Balaban J connectivity index is 0. The van der Waals surface area contributed by atoms with Crippen molar-refractivity contribution in [3.63, 3.8) is 0 Å². The molecule has 0 atom stereocenters. The van der Waals surface area contributed by atoms with Gasteiger partial charge in [0.05, 0.1) is 6.61 Å². The van der Waals surface area contributed by atoms with Crippen molar-refractivity contribution in [2.75, 3.05) is 6.61 Å². The quantitative estimate of drug-likeness (QED) is 0.447. The molecular weight excluding hydrogens is 104 g/mol. The molecule has 2 heteroatoms. The van der Waals surface area contributed by atoms with E-state index in [2.05, 4.69) is 18.7 Å². The van der Waals surface area contributed by atoms with Crippen molar-refractivity contribution in [1.29, 1.82) is 0 Å². The molecule has 0 aromatic rings. The highest BCUT2D eigenvalue weighted by Crippen LogP contribution is 1.70. The minimum absolute atomic E-state index is 0.444. The first kappa shape index (κ1) is 10.8. The second kappa shape index (κ2) is 15.8. The van der Waals surface area contributed by atoms with Gasteiger partial charge in [0.25, 0.3) is 0 Å². The van der Waals surface area contributed by atoms with Gasteiger partial charge >= 0.3 is 0 Å². The molecule has 0 amide bonds. The molecule has 0 aromatic carbocycles. The van der Waals surface area contributed by atoms with E-state index < -0.39 is 0 Å². The third-order valence-electron chi connectivity index (χ3n) is 0.295. The van der Waals surface area contributed by atoms with Crippen LogP contribution in [0.4, 0.5) is 0 Å². The SMILES string of the molecule is CCC.CCCOO. The summed E-state index contributed by atoms with van der Waals surface area (Å²) in [6.07, 6.45) is 2.12. The van der Waals surface area contributed by atoms with Gasteiger partial charge in [-0.15, -0.1) is 0 Å². The van der Waals surface area contributed by atoms with E-state index in [0.29, 0.717) is 6.61 Å². The molecule has 0 aliphatic heterocycles.